The van der Waals surface area contributed by atoms with Gasteiger partial charge >= 0.3 is 0 Å². The van der Waals surface area contributed by atoms with Crippen LogP contribution in [0.1, 0.15) is 27.7 Å². The predicted molar refractivity (Wildman–Crippen MR) is 155 cm³/mol. The number of carbonyl (C=O) groups is 4. The van der Waals surface area contributed by atoms with Crippen molar-refractivity contribution in [2.75, 3.05) is 19.1 Å². The number of amides is 4. The molecule has 38 heavy (non-hydrogen) atoms. The van der Waals surface area contributed by atoms with Crippen LogP contribution in [-0.2, 0) is 19.2 Å². The van der Waals surface area contributed by atoms with E-state index in [4.69, 9.17) is 0 Å². The lowest BCUT2D eigenvalue weighted by Crippen LogP contribution is -2.46. The first-order valence-electron chi connectivity index (χ1n) is 11.5. The number of rotatable bonds is 7. The smallest absolute Gasteiger partial charge is 0.269 e. The number of aromatic nitrogens is 2. The van der Waals surface area contributed by atoms with Crippen molar-refractivity contribution in [2.24, 2.45) is 0 Å². The summed E-state index contributed by atoms with van der Waals surface area (Å²) in [6, 6.07) is 11.0. The van der Waals surface area contributed by atoms with Crippen molar-refractivity contribution in [3.05, 3.63) is 68.4 Å². The van der Waals surface area contributed by atoms with E-state index in [0.29, 0.717) is 36.2 Å². The third kappa shape index (κ3) is 6.53. The number of likely N-dealkylation sites (N-methyl/N-ethyl adjacent to an activating group) is 1. The van der Waals surface area contributed by atoms with Crippen molar-refractivity contribution in [2.45, 2.75) is 43.3 Å². The molecular formula is C26H28N4O4S4. The molecule has 0 saturated carbocycles. The van der Waals surface area contributed by atoms with E-state index in [2.05, 4.69) is 9.97 Å². The molecule has 0 saturated heterocycles. The van der Waals surface area contributed by atoms with Gasteiger partial charge in [0.15, 0.2) is 0 Å². The van der Waals surface area contributed by atoms with Gasteiger partial charge in [0.2, 0.25) is 0 Å². The molecule has 0 aliphatic carbocycles. The minimum Gasteiger partial charge on any atom is -0.274 e. The molecule has 0 radical (unpaired) electrons. The van der Waals surface area contributed by atoms with Gasteiger partial charge in [0.1, 0.15) is 10.1 Å². The Hall–Kier alpha value is -2.54. The second-order valence-electron chi connectivity index (χ2n) is 8.74. The number of imide groups is 2. The second-order valence-corrected chi connectivity index (χ2v) is 12.4. The van der Waals surface area contributed by atoms with Gasteiger partial charge in [0, 0.05) is 24.5 Å². The van der Waals surface area contributed by atoms with Gasteiger partial charge in [0.25, 0.3) is 23.6 Å². The quantitative estimate of drug-likeness (QED) is 0.408. The van der Waals surface area contributed by atoms with Crippen molar-refractivity contribution in [1.82, 2.24) is 19.8 Å². The molecule has 2 aliphatic rings. The lowest BCUT2D eigenvalue weighted by atomic mass is 10.1. The fourth-order valence-electron chi connectivity index (χ4n) is 3.48. The van der Waals surface area contributed by atoms with Crippen LogP contribution in [0.25, 0.3) is 0 Å². The first-order valence-corrected chi connectivity index (χ1v) is 15.6. The van der Waals surface area contributed by atoms with Crippen LogP contribution in [0, 0.1) is 0 Å². The fourth-order valence-corrected chi connectivity index (χ4v) is 7.00. The highest BCUT2D eigenvalue weighted by molar-refractivity contribution is 8.08. The van der Waals surface area contributed by atoms with Crippen LogP contribution in [-0.4, -0.2) is 68.0 Å². The van der Waals surface area contributed by atoms with Crippen LogP contribution in [0.15, 0.2) is 78.5 Å². The van der Waals surface area contributed by atoms with Gasteiger partial charge in [-0.3, -0.25) is 29.0 Å². The number of thioether (sulfide) groups is 4. The average molecular weight is 589 g/mol. The summed E-state index contributed by atoms with van der Waals surface area (Å²) in [6.07, 6.45) is 6.96. The Kier molecular flexibility index (Phi) is 10.3. The van der Waals surface area contributed by atoms with Gasteiger partial charge in [0.05, 0.1) is 19.6 Å². The van der Waals surface area contributed by atoms with Crippen molar-refractivity contribution in [3.63, 3.8) is 0 Å². The Morgan fingerprint density at radius 1 is 0.684 bits per heavy atom. The van der Waals surface area contributed by atoms with E-state index in [1.807, 2.05) is 69.7 Å². The zero-order valence-electron chi connectivity index (χ0n) is 21.9. The van der Waals surface area contributed by atoms with Crippen molar-refractivity contribution in [1.29, 1.82) is 0 Å². The molecule has 4 heterocycles. The van der Waals surface area contributed by atoms with E-state index in [0.717, 1.165) is 0 Å². The van der Waals surface area contributed by atoms with Gasteiger partial charge < -0.3 is 0 Å². The summed E-state index contributed by atoms with van der Waals surface area (Å²) in [6.45, 7) is 7.80. The van der Waals surface area contributed by atoms with Crippen molar-refractivity contribution in [3.8, 4) is 0 Å². The second kappa shape index (κ2) is 13.0. The third-order valence-corrected chi connectivity index (χ3v) is 9.07. The van der Waals surface area contributed by atoms with E-state index in [9.17, 15) is 19.2 Å². The topological polar surface area (TPSA) is 101 Å². The highest BCUT2D eigenvalue weighted by atomic mass is 32.2. The molecular weight excluding hydrogens is 561 g/mol. The normalized spacial score (nSPS) is 16.1. The third-order valence-electron chi connectivity index (χ3n) is 5.17. The van der Waals surface area contributed by atoms with Gasteiger partial charge in [-0.15, -0.1) is 23.5 Å². The fraction of sp³-hybridized carbons (Fsp3) is 0.308. The molecule has 2 aliphatic heterocycles. The molecule has 0 N–H and O–H groups in total. The molecule has 0 atom stereocenters. The summed E-state index contributed by atoms with van der Waals surface area (Å²) in [4.78, 5) is 62.0. The predicted octanol–water partition coefficient (Wildman–Crippen LogP) is 5.05. The molecule has 0 fully saturated rings. The maximum atomic E-state index is 12.9. The molecule has 8 nitrogen and oxygen atoms in total. The zero-order chi connectivity index (χ0) is 28.0. The zero-order valence-corrected chi connectivity index (χ0v) is 25.1. The van der Waals surface area contributed by atoms with Gasteiger partial charge in [-0.25, -0.2) is 9.97 Å². The summed E-state index contributed by atoms with van der Waals surface area (Å²) in [7, 11) is 0. The summed E-state index contributed by atoms with van der Waals surface area (Å²) in [5, 5.41) is 1.35. The SMILES string of the molecule is CC(C)(C)N1C(=O)C(Sc2ccccn2)=C(Sc2ccccn2)C1=O.CCN1C(=O)C(SC)=C(SC)C1=O. The van der Waals surface area contributed by atoms with E-state index < -0.39 is 5.54 Å². The van der Waals surface area contributed by atoms with Crippen LogP contribution in [0.4, 0.5) is 0 Å². The average Bonchev–Trinajstić information content (AvgIpc) is 3.27. The number of hydrogen-bond acceptors (Lipinski definition) is 10. The minimum absolute atomic E-state index is 0.149. The Bertz CT molecular complexity index is 1200. The lowest BCUT2D eigenvalue weighted by molar-refractivity contribution is -0.142. The van der Waals surface area contributed by atoms with Crippen LogP contribution in [0.2, 0.25) is 0 Å². The molecule has 4 rings (SSSR count). The highest BCUT2D eigenvalue weighted by Crippen LogP contribution is 2.43. The van der Waals surface area contributed by atoms with Crippen molar-refractivity contribution < 1.29 is 19.2 Å². The molecule has 2 aromatic heterocycles. The Morgan fingerprint density at radius 2 is 1.11 bits per heavy atom. The largest absolute Gasteiger partial charge is 0.274 e. The monoisotopic (exact) mass is 588 g/mol. The molecule has 0 bridgehead atoms. The molecule has 0 aromatic carbocycles. The van der Waals surface area contributed by atoms with Crippen LogP contribution < -0.4 is 0 Å². The molecule has 0 spiro atoms. The van der Waals surface area contributed by atoms with E-state index >= 15 is 0 Å². The maximum absolute atomic E-state index is 12.9. The van der Waals surface area contributed by atoms with Crippen molar-refractivity contribution >= 4 is 70.7 Å². The highest BCUT2D eigenvalue weighted by Gasteiger charge is 2.45. The number of nitrogens with zero attached hydrogens (tertiary/aromatic N) is 4. The summed E-state index contributed by atoms with van der Waals surface area (Å²) < 4.78 is 0. The lowest BCUT2D eigenvalue weighted by Gasteiger charge is -2.30. The Balaban J connectivity index is 0.000000260. The minimum atomic E-state index is -0.601. The van der Waals surface area contributed by atoms with E-state index in [1.54, 1.807) is 19.3 Å². The summed E-state index contributed by atoms with van der Waals surface area (Å²) >= 11 is 5.12. The molecule has 200 valence electrons. The van der Waals surface area contributed by atoms with Crippen LogP contribution in [0.5, 0.6) is 0 Å². The van der Waals surface area contributed by atoms with Crippen LogP contribution in [0.3, 0.4) is 0 Å². The summed E-state index contributed by atoms with van der Waals surface area (Å²) in [5.74, 6) is -0.869. The number of hydrogen-bond donors (Lipinski definition) is 0. The first kappa shape index (κ1) is 30.0. The number of pyridine rings is 2. The van der Waals surface area contributed by atoms with E-state index in [1.165, 1.54) is 56.8 Å². The van der Waals surface area contributed by atoms with Gasteiger partial charge in [-0.1, -0.05) is 35.7 Å². The summed E-state index contributed by atoms with van der Waals surface area (Å²) in [5.41, 5.74) is -0.601. The van der Waals surface area contributed by atoms with Crippen LogP contribution >= 0.6 is 47.0 Å². The first-order chi connectivity index (χ1) is 18.0. The van der Waals surface area contributed by atoms with Gasteiger partial charge in [-0.2, -0.15) is 0 Å². The van der Waals surface area contributed by atoms with Gasteiger partial charge in [-0.05, 0) is 64.5 Å². The molecule has 12 heteroatoms. The standard InChI is InChI=1S/C18H17N3O2S2.C8H11NO2S2/c1-18(2,3)21-16(22)14(24-12-8-4-6-10-19-12)15(17(21)23)25-13-9-5-7-11-20-13;1-4-9-7(10)5(12-2)6(13-3)8(9)11/h4-11H,1-3H3;4H2,1-3H3. The Morgan fingerprint density at radius 3 is 1.39 bits per heavy atom. The van der Waals surface area contributed by atoms with E-state index in [-0.39, 0.29) is 23.6 Å². The molecule has 4 amide bonds. The number of carbonyl (C=O) groups excluding carboxylic acids is 4. The molecule has 2 aromatic rings. The Labute approximate surface area is 239 Å². The molecule has 0 unspecified atom stereocenters. The maximum Gasteiger partial charge on any atom is 0.269 e.